The van der Waals surface area contributed by atoms with Crippen molar-refractivity contribution in [3.63, 3.8) is 0 Å². The number of aromatic nitrogens is 2. The summed E-state index contributed by atoms with van der Waals surface area (Å²) < 4.78 is 2.22. The molecule has 2 aromatic heterocycles. The van der Waals surface area contributed by atoms with Crippen molar-refractivity contribution in [2.75, 3.05) is 5.73 Å². The molecule has 0 amide bonds. The summed E-state index contributed by atoms with van der Waals surface area (Å²) in [6, 6.07) is 27.4. The van der Waals surface area contributed by atoms with Gasteiger partial charge in [-0.2, -0.15) is 0 Å². The summed E-state index contributed by atoms with van der Waals surface area (Å²) in [5.41, 5.74) is 12.4. The van der Waals surface area contributed by atoms with E-state index in [2.05, 4.69) is 70.0 Å². The second kappa shape index (κ2) is 10.4. The Morgan fingerprint density at radius 2 is 1.55 bits per heavy atom. The number of nitrogen functional groups attached to an aromatic ring is 1. The van der Waals surface area contributed by atoms with Crippen LogP contribution in [0.5, 0.6) is 0 Å². The summed E-state index contributed by atoms with van der Waals surface area (Å²) in [6.07, 6.45) is 4.67. The number of rotatable bonds is 3. The fourth-order valence-electron chi connectivity index (χ4n) is 3.72. The Kier molecular flexibility index (Phi) is 7.45. The molecule has 2 heterocycles. The van der Waals surface area contributed by atoms with Crippen molar-refractivity contribution in [3.05, 3.63) is 103 Å². The molecule has 0 saturated carbocycles. The van der Waals surface area contributed by atoms with Crippen LogP contribution in [0, 0.1) is 0 Å². The van der Waals surface area contributed by atoms with Gasteiger partial charge in [-0.1, -0.05) is 76.2 Å². The number of hydrogen-bond acceptors (Lipinski definition) is 2. The van der Waals surface area contributed by atoms with Crippen LogP contribution in [0.15, 0.2) is 91.3 Å². The molecule has 0 radical (unpaired) electrons. The van der Waals surface area contributed by atoms with Gasteiger partial charge in [0.15, 0.2) is 0 Å². The van der Waals surface area contributed by atoms with Crippen LogP contribution in [0.4, 0.5) is 5.69 Å². The zero-order valence-corrected chi connectivity index (χ0v) is 18.8. The van der Waals surface area contributed by atoms with E-state index < -0.39 is 0 Å². The maximum atomic E-state index is 5.92. The van der Waals surface area contributed by atoms with E-state index in [9.17, 15) is 0 Å². The van der Waals surface area contributed by atoms with Gasteiger partial charge in [-0.25, -0.2) is 0 Å². The number of benzene rings is 3. The summed E-state index contributed by atoms with van der Waals surface area (Å²) in [6.45, 7) is 8.00. The zero-order chi connectivity index (χ0) is 22.2. The van der Waals surface area contributed by atoms with Crippen LogP contribution in [-0.2, 0) is 6.42 Å². The highest BCUT2D eigenvalue weighted by molar-refractivity contribution is 5.87. The first kappa shape index (κ1) is 22.1. The van der Waals surface area contributed by atoms with Gasteiger partial charge in [0.25, 0.3) is 0 Å². The minimum absolute atomic E-state index is 0.760. The highest BCUT2D eigenvalue weighted by Crippen LogP contribution is 2.27. The molecule has 3 aromatic carbocycles. The molecule has 0 fully saturated rings. The SMILES string of the molecule is CC.CC.Nc1cccc(Cc2nccn3c(-c4ccc5ccccc5c4)ccc23)c1. The van der Waals surface area contributed by atoms with Crippen LogP contribution in [-0.4, -0.2) is 9.38 Å². The van der Waals surface area contributed by atoms with E-state index in [4.69, 9.17) is 5.73 Å². The Morgan fingerprint density at radius 1 is 0.774 bits per heavy atom. The number of nitrogens with two attached hydrogens (primary N) is 1. The maximum absolute atomic E-state index is 5.92. The number of fused-ring (bicyclic) bond motifs is 2. The minimum atomic E-state index is 0.760. The van der Waals surface area contributed by atoms with Gasteiger partial charge in [0.1, 0.15) is 0 Å². The van der Waals surface area contributed by atoms with Gasteiger partial charge in [0.05, 0.1) is 16.9 Å². The summed E-state index contributed by atoms with van der Waals surface area (Å²) in [7, 11) is 0. The second-order valence-electron chi connectivity index (χ2n) is 6.83. The molecule has 31 heavy (non-hydrogen) atoms. The van der Waals surface area contributed by atoms with Crippen LogP contribution in [0.3, 0.4) is 0 Å². The molecule has 3 heteroatoms. The van der Waals surface area contributed by atoms with Crippen molar-refractivity contribution in [1.82, 2.24) is 9.38 Å². The van der Waals surface area contributed by atoms with E-state index in [0.29, 0.717) is 0 Å². The average Bonchev–Trinajstić information content (AvgIpc) is 3.27. The Balaban J connectivity index is 0.000000645. The summed E-state index contributed by atoms with van der Waals surface area (Å²) in [5.74, 6) is 0. The molecule has 0 saturated heterocycles. The Bertz CT molecular complexity index is 1270. The van der Waals surface area contributed by atoms with Crippen LogP contribution in [0.25, 0.3) is 27.5 Å². The predicted octanol–water partition coefficient (Wildman–Crippen LogP) is 7.38. The number of hydrogen-bond donors (Lipinski definition) is 1. The quantitative estimate of drug-likeness (QED) is 0.316. The van der Waals surface area contributed by atoms with E-state index in [1.54, 1.807) is 0 Å². The average molecular weight is 410 g/mol. The van der Waals surface area contributed by atoms with E-state index in [1.807, 2.05) is 58.3 Å². The number of anilines is 1. The lowest BCUT2D eigenvalue weighted by molar-refractivity contribution is 1.03. The maximum Gasteiger partial charge on any atom is 0.0688 e. The first-order chi connectivity index (χ1) is 15.3. The van der Waals surface area contributed by atoms with Gasteiger partial charge in [0.2, 0.25) is 0 Å². The lowest BCUT2D eigenvalue weighted by Crippen LogP contribution is -1.98. The molecule has 0 unspecified atom stereocenters. The largest absolute Gasteiger partial charge is 0.399 e. The van der Waals surface area contributed by atoms with Gasteiger partial charge < -0.3 is 10.1 Å². The third-order valence-corrected chi connectivity index (χ3v) is 5.03. The van der Waals surface area contributed by atoms with Crippen LogP contribution >= 0.6 is 0 Å². The molecule has 5 aromatic rings. The third kappa shape index (κ3) is 4.77. The van der Waals surface area contributed by atoms with Gasteiger partial charge in [-0.3, -0.25) is 4.98 Å². The highest BCUT2D eigenvalue weighted by atomic mass is 14.9. The lowest BCUT2D eigenvalue weighted by Gasteiger charge is -2.08. The molecule has 0 atom stereocenters. The van der Waals surface area contributed by atoms with E-state index in [1.165, 1.54) is 27.6 Å². The monoisotopic (exact) mass is 409 g/mol. The standard InChI is InChI=1S/C24H19N3.2C2H6/c25-21-7-3-4-17(14-21)15-22-24-11-10-23(27(24)13-12-26-22)20-9-8-18-5-1-2-6-19(18)16-20;2*1-2/h1-14,16H,15,25H2;2*1-2H3. The van der Waals surface area contributed by atoms with Gasteiger partial charge in [-0.05, 0) is 52.2 Å². The van der Waals surface area contributed by atoms with Crippen LogP contribution in [0.2, 0.25) is 0 Å². The first-order valence-electron chi connectivity index (χ1n) is 11.1. The van der Waals surface area contributed by atoms with Crippen molar-refractivity contribution >= 4 is 22.0 Å². The van der Waals surface area contributed by atoms with Crippen molar-refractivity contribution in [2.24, 2.45) is 0 Å². The molecular weight excluding hydrogens is 378 g/mol. The van der Waals surface area contributed by atoms with E-state index in [0.717, 1.165) is 23.3 Å². The molecule has 0 bridgehead atoms. The fourth-order valence-corrected chi connectivity index (χ4v) is 3.72. The Morgan fingerprint density at radius 3 is 2.32 bits per heavy atom. The smallest absolute Gasteiger partial charge is 0.0688 e. The highest BCUT2D eigenvalue weighted by Gasteiger charge is 2.10. The third-order valence-electron chi connectivity index (χ3n) is 5.03. The van der Waals surface area contributed by atoms with Crippen molar-refractivity contribution in [3.8, 4) is 11.3 Å². The normalized spacial score (nSPS) is 10.2. The van der Waals surface area contributed by atoms with E-state index in [-0.39, 0.29) is 0 Å². The molecule has 5 rings (SSSR count). The first-order valence-corrected chi connectivity index (χ1v) is 11.1. The van der Waals surface area contributed by atoms with Gasteiger partial charge in [-0.15, -0.1) is 0 Å². The number of nitrogens with zero attached hydrogens (tertiary/aromatic N) is 2. The van der Waals surface area contributed by atoms with Crippen LogP contribution in [0.1, 0.15) is 39.0 Å². The topological polar surface area (TPSA) is 43.3 Å². The van der Waals surface area contributed by atoms with Crippen molar-refractivity contribution < 1.29 is 0 Å². The fraction of sp³-hybridized carbons (Fsp3) is 0.179. The van der Waals surface area contributed by atoms with Crippen molar-refractivity contribution in [1.29, 1.82) is 0 Å². The van der Waals surface area contributed by atoms with Crippen LogP contribution < -0.4 is 5.73 Å². The molecule has 3 nitrogen and oxygen atoms in total. The van der Waals surface area contributed by atoms with E-state index >= 15 is 0 Å². The summed E-state index contributed by atoms with van der Waals surface area (Å²) >= 11 is 0. The molecular formula is C28H31N3. The summed E-state index contributed by atoms with van der Waals surface area (Å²) in [5, 5.41) is 2.50. The molecule has 0 spiro atoms. The molecule has 0 aliphatic rings. The van der Waals surface area contributed by atoms with Gasteiger partial charge >= 0.3 is 0 Å². The minimum Gasteiger partial charge on any atom is -0.399 e. The van der Waals surface area contributed by atoms with Crippen molar-refractivity contribution in [2.45, 2.75) is 34.1 Å². The molecule has 158 valence electrons. The lowest BCUT2D eigenvalue weighted by atomic mass is 10.1. The Labute approximate surface area is 185 Å². The molecule has 2 N–H and O–H groups in total. The predicted molar refractivity (Wildman–Crippen MR) is 134 cm³/mol. The van der Waals surface area contributed by atoms with Gasteiger partial charge in [0, 0.05) is 24.5 Å². The Hall–Kier alpha value is -3.59. The molecule has 0 aliphatic carbocycles. The zero-order valence-electron chi connectivity index (χ0n) is 18.8. The second-order valence-corrected chi connectivity index (χ2v) is 6.83. The summed E-state index contributed by atoms with van der Waals surface area (Å²) in [4.78, 5) is 4.63. The molecule has 0 aliphatic heterocycles.